The van der Waals surface area contributed by atoms with Crippen LogP contribution in [0.2, 0.25) is 0 Å². The van der Waals surface area contributed by atoms with Crippen LogP contribution in [0, 0.1) is 0 Å². The number of amides is 1. The summed E-state index contributed by atoms with van der Waals surface area (Å²) in [5.74, 6) is 0.923. The molecule has 5 nitrogen and oxygen atoms in total. The molecule has 0 radical (unpaired) electrons. The summed E-state index contributed by atoms with van der Waals surface area (Å²) >= 11 is 0. The second-order valence-electron chi connectivity index (χ2n) is 6.39. The topological polar surface area (TPSA) is 56.8 Å². The first-order chi connectivity index (χ1) is 11.9. The maximum Gasteiger partial charge on any atom is 0.251 e. The lowest BCUT2D eigenvalue weighted by molar-refractivity contribution is 0.0616. The molecule has 0 saturated heterocycles. The van der Waals surface area contributed by atoms with Crippen molar-refractivity contribution in [2.24, 2.45) is 0 Å². The minimum atomic E-state index is -0.501. The van der Waals surface area contributed by atoms with E-state index in [2.05, 4.69) is 5.32 Å². The van der Waals surface area contributed by atoms with E-state index in [1.165, 1.54) is 0 Å². The SMILES string of the molecule is COc1ccc(C(=O)NC(C)(C)COCc2ccccc2)cc1OC. The molecule has 0 unspecified atom stereocenters. The molecule has 0 fully saturated rings. The average molecular weight is 343 g/mol. The van der Waals surface area contributed by atoms with Crippen LogP contribution >= 0.6 is 0 Å². The maximum absolute atomic E-state index is 12.5. The summed E-state index contributed by atoms with van der Waals surface area (Å²) in [6.07, 6.45) is 0. The Balaban J connectivity index is 1.93. The standard InChI is InChI=1S/C20H25NO4/c1-20(2,14-25-13-15-8-6-5-7-9-15)21-19(22)16-10-11-17(23-3)18(12-16)24-4/h5-12H,13-14H2,1-4H3,(H,21,22). The molecule has 0 bridgehead atoms. The quantitative estimate of drug-likeness (QED) is 0.798. The molecule has 0 aromatic heterocycles. The van der Waals surface area contributed by atoms with Crippen molar-refractivity contribution in [2.45, 2.75) is 26.0 Å². The summed E-state index contributed by atoms with van der Waals surface area (Å²) in [7, 11) is 3.10. The van der Waals surface area contributed by atoms with Crippen molar-refractivity contribution in [3.8, 4) is 11.5 Å². The van der Waals surface area contributed by atoms with Gasteiger partial charge in [0.15, 0.2) is 11.5 Å². The second-order valence-corrected chi connectivity index (χ2v) is 6.39. The number of ether oxygens (including phenoxy) is 3. The van der Waals surface area contributed by atoms with E-state index in [9.17, 15) is 4.79 Å². The van der Waals surface area contributed by atoms with Gasteiger partial charge in [-0.3, -0.25) is 4.79 Å². The Kier molecular flexibility index (Phi) is 6.42. The molecular weight excluding hydrogens is 318 g/mol. The average Bonchev–Trinajstić information content (AvgIpc) is 2.61. The molecule has 25 heavy (non-hydrogen) atoms. The number of rotatable bonds is 8. The maximum atomic E-state index is 12.5. The summed E-state index contributed by atoms with van der Waals surface area (Å²) in [6.45, 7) is 4.77. The summed E-state index contributed by atoms with van der Waals surface area (Å²) in [6, 6.07) is 15.0. The van der Waals surface area contributed by atoms with Crippen molar-refractivity contribution < 1.29 is 19.0 Å². The number of hydrogen-bond donors (Lipinski definition) is 1. The molecule has 2 aromatic rings. The Morgan fingerprint density at radius 1 is 1.00 bits per heavy atom. The molecule has 5 heteroatoms. The second kappa shape index (κ2) is 8.53. The Hall–Kier alpha value is -2.53. The molecular formula is C20H25NO4. The van der Waals surface area contributed by atoms with Gasteiger partial charge >= 0.3 is 0 Å². The van der Waals surface area contributed by atoms with E-state index < -0.39 is 5.54 Å². The van der Waals surface area contributed by atoms with Gasteiger partial charge in [-0.25, -0.2) is 0 Å². The zero-order valence-electron chi connectivity index (χ0n) is 15.2. The van der Waals surface area contributed by atoms with Gasteiger partial charge in [0, 0.05) is 5.56 Å². The van der Waals surface area contributed by atoms with Gasteiger partial charge in [0.25, 0.3) is 5.91 Å². The van der Waals surface area contributed by atoms with Crippen molar-refractivity contribution in [3.05, 3.63) is 59.7 Å². The normalized spacial score (nSPS) is 11.0. The number of nitrogens with one attached hydrogen (secondary N) is 1. The largest absolute Gasteiger partial charge is 0.493 e. The lowest BCUT2D eigenvalue weighted by Crippen LogP contribution is -2.47. The smallest absolute Gasteiger partial charge is 0.251 e. The van der Waals surface area contributed by atoms with Crippen LogP contribution in [0.4, 0.5) is 0 Å². The Morgan fingerprint density at radius 2 is 1.68 bits per heavy atom. The molecule has 0 saturated carbocycles. The van der Waals surface area contributed by atoms with E-state index in [4.69, 9.17) is 14.2 Å². The molecule has 0 aliphatic carbocycles. The van der Waals surface area contributed by atoms with E-state index in [0.717, 1.165) is 5.56 Å². The van der Waals surface area contributed by atoms with Gasteiger partial charge in [-0.1, -0.05) is 30.3 Å². The van der Waals surface area contributed by atoms with Gasteiger partial charge < -0.3 is 19.5 Å². The highest BCUT2D eigenvalue weighted by Gasteiger charge is 2.22. The fourth-order valence-corrected chi connectivity index (χ4v) is 2.39. The Labute approximate surface area is 148 Å². The number of methoxy groups -OCH3 is 2. The molecule has 0 heterocycles. The van der Waals surface area contributed by atoms with Crippen LogP contribution in [-0.2, 0) is 11.3 Å². The van der Waals surface area contributed by atoms with Crippen molar-refractivity contribution in [3.63, 3.8) is 0 Å². The molecule has 2 rings (SSSR count). The monoisotopic (exact) mass is 343 g/mol. The van der Waals surface area contributed by atoms with E-state index in [0.29, 0.717) is 30.3 Å². The van der Waals surface area contributed by atoms with E-state index in [-0.39, 0.29) is 5.91 Å². The third-order valence-corrected chi connectivity index (χ3v) is 3.67. The van der Waals surface area contributed by atoms with Gasteiger partial charge in [-0.15, -0.1) is 0 Å². The van der Waals surface area contributed by atoms with E-state index in [1.54, 1.807) is 32.4 Å². The molecule has 0 spiro atoms. The minimum absolute atomic E-state index is 0.186. The zero-order chi connectivity index (χ0) is 18.3. The zero-order valence-corrected chi connectivity index (χ0v) is 15.2. The summed E-state index contributed by atoms with van der Waals surface area (Å²) < 4.78 is 16.2. The van der Waals surface area contributed by atoms with Gasteiger partial charge in [0.05, 0.1) is 33.0 Å². The third-order valence-electron chi connectivity index (χ3n) is 3.67. The number of carbonyl (C=O) groups is 1. The number of carbonyl (C=O) groups excluding carboxylic acids is 1. The molecule has 1 amide bonds. The summed E-state index contributed by atoms with van der Waals surface area (Å²) in [5.41, 5.74) is 1.11. The summed E-state index contributed by atoms with van der Waals surface area (Å²) in [5, 5.41) is 2.99. The van der Waals surface area contributed by atoms with Crippen LogP contribution in [0.5, 0.6) is 11.5 Å². The molecule has 1 N–H and O–H groups in total. The predicted molar refractivity (Wildman–Crippen MR) is 97.2 cm³/mol. The van der Waals surface area contributed by atoms with Crippen LogP contribution in [0.1, 0.15) is 29.8 Å². The highest BCUT2D eigenvalue weighted by Crippen LogP contribution is 2.27. The molecule has 0 aliphatic rings. The Morgan fingerprint density at radius 3 is 2.32 bits per heavy atom. The number of hydrogen-bond acceptors (Lipinski definition) is 4. The van der Waals surface area contributed by atoms with Crippen LogP contribution in [0.25, 0.3) is 0 Å². The highest BCUT2D eigenvalue weighted by atomic mass is 16.5. The van der Waals surface area contributed by atoms with Gasteiger partial charge in [-0.2, -0.15) is 0 Å². The third kappa shape index (κ3) is 5.50. The summed E-state index contributed by atoms with van der Waals surface area (Å²) in [4.78, 5) is 12.5. The van der Waals surface area contributed by atoms with Crippen LogP contribution < -0.4 is 14.8 Å². The van der Waals surface area contributed by atoms with Gasteiger partial charge in [0.2, 0.25) is 0 Å². The first-order valence-electron chi connectivity index (χ1n) is 8.11. The first kappa shape index (κ1) is 18.8. The molecule has 0 aliphatic heterocycles. The van der Waals surface area contributed by atoms with Crippen molar-refractivity contribution in [1.82, 2.24) is 5.32 Å². The fraction of sp³-hybridized carbons (Fsp3) is 0.350. The van der Waals surface area contributed by atoms with Crippen molar-refractivity contribution in [1.29, 1.82) is 0 Å². The predicted octanol–water partition coefficient (Wildman–Crippen LogP) is 3.43. The highest BCUT2D eigenvalue weighted by molar-refractivity contribution is 5.95. The lowest BCUT2D eigenvalue weighted by Gasteiger charge is -2.26. The van der Waals surface area contributed by atoms with Gasteiger partial charge in [0.1, 0.15) is 0 Å². The van der Waals surface area contributed by atoms with Crippen LogP contribution in [0.3, 0.4) is 0 Å². The lowest BCUT2D eigenvalue weighted by atomic mass is 10.1. The molecule has 0 atom stereocenters. The van der Waals surface area contributed by atoms with Crippen molar-refractivity contribution in [2.75, 3.05) is 20.8 Å². The van der Waals surface area contributed by atoms with E-state index >= 15 is 0 Å². The Bertz CT molecular complexity index is 698. The van der Waals surface area contributed by atoms with Crippen molar-refractivity contribution >= 4 is 5.91 Å². The van der Waals surface area contributed by atoms with Gasteiger partial charge in [-0.05, 0) is 37.6 Å². The van der Waals surface area contributed by atoms with E-state index in [1.807, 2.05) is 44.2 Å². The fourth-order valence-electron chi connectivity index (χ4n) is 2.39. The number of benzene rings is 2. The molecule has 2 aromatic carbocycles. The van der Waals surface area contributed by atoms with Crippen LogP contribution in [0.15, 0.2) is 48.5 Å². The minimum Gasteiger partial charge on any atom is -0.493 e. The first-order valence-corrected chi connectivity index (χ1v) is 8.11. The molecule has 134 valence electrons. The van der Waals surface area contributed by atoms with Crippen LogP contribution in [-0.4, -0.2) is 32.3 Å².